The van der Waals surface area contributed by atoms with E-state index in [2.05, 4.69) is 26.8 Å². The number of rotatable bonds is 9. The molecule has 4 bridgehead atoms. The summed E-state index contributed by atoms with van der Waals surface area (Å²) in [7, 11) is 0. The molecule has 5 aliphatic rings. The van der Waals surface area contributed by atoms with Crippen molar-refractivity contribution in [2.45, 2.75) is 104 Å². The van der Waals surface area contributed by atoms with E-state index >= 15 is 0 Å². The highest BCUT2D eigenvalue weighted by atomic mass is 16.3. The molecule has 11 unspecified atom stereocenters. The molecule has 33 heavy (non-hydrogen) atoms. The molecule has 3 N–H and O–H groups in total. The fourth-order valence-corrected chi connectivity index (χ4v) is 9.79. The van der Waals surface area contributed by atoms with E-state index in [4.69, 9.17) is 0 Å². The second kappa shape index (κ2) is 9.25. The SMILES string of the molecule is CC1=CCC(C(CO)CCC2(C)C3CC(O)C(CCC4(C)C5CCC(CO)C4C5)C2C3)CC1. The van der Waals surface area contributed by atoms with Crippen molar-refractivity contribution in [1.29, 1.82) is 0 Å². The quantitative estimate of drug-likeness (QED) is 0.373. The summed E-state index contributed by atoms with van der Waals surface area (Å²) in [5, 5.41) is 31.1. The zero-order valence-corrected chi connectivity index (χ0v) is 21.5. The summed E-state index contributed by atoms with van der Waals surface area (Å²) in [5.41, 5.74) is 2.29. The summed E-state index contributed by atoms with van der Waals surface area (Å²) in [4.78, 5) is 0. The number of aliphatic hydroxyl groups is 3. The molecule has 4 fully saturated rings. The molecule has 11 atom stereocenters. The predicted octanol–water partition coefficient (Wildman–Crippen LogP) is 5.97. The second-order valence-corrected chi connectivity index (χ2v) is 13.7. The van der Waals surface area contributed by atoms with Crippen molar-refractivity contribution in [3.05, 3.63) is 11.6 Å². The molecular weight excluding hydrogens is 408 g/mol. The number of fused-ring (bicyclic) bond motifs is 4. The van der Waals surface area contributed by atoms with E-state index in [1.807, 2.05) is 0 Å². The largest absolute Gasteiger partial charge is 0.396 e. The summed E-state index contributed by atoms with van der Waals surface area (Å²) < 4.78 is 0. The Morgan fingerprint density at radius 1 is 0.970 bits per heavy atom. The van der Waals surface area contributed by atoms with E-state index in [9.17, 15) is 15.3 Å². The van der Waals surface area contributed by atoms with Crippen LogP contribution in [0.3, 0.4) is 0 Å². The van der Waals surface area contributed by atoms with Gasteiger partial charge in [-0.1, -0.05) is 25.5 Å². The zero-order chi connectivity index (χ0) is 23.4. The first-order valence-corrected chi connectivity index (χ1v) is 14.4. The molecule has 0 amide bonds. The van der Waals surface area contributed by atoms with Gasteiger partial charge in [-0.25, -0.2) is 0 Å². The van der Waals surface area contributed by atoms with Crippen molar-refractivity contribution in [2.24, 2.45) is 58.2 Å². The Kier molecular flexibility index (Phi) is 6.82. The molecule has 0 aromatic carbocycles. The van der Waals surface area contributed by atoms with E-state index in [0.29, 0.717) is 65.5 Å². The summed E-state index contributed by atoms with van der Waals surface area (Å²) in [5.74, 6) is 4.98. The Balaban J connectivity index is 1.19. The zero-order valence-electron chi connectivity index (χ0n) is 21.5. The molecular formula is C30H50O3. The van der Waals surface area contributed by atoms with Crippen LogP contribution < -0.4 is 0 Å². The van der Waals surface area contributed by atoms with Crippen LogP contribution in [0.15, 0.2) is 11.6 Å². The maximum absolute atomic E-state index is 11.1. The summed E-state index contributed by atoms with van der Waals surface area (Å²) in [6, 6.07) is 0. The minimum Gasteiger partial charge on any atom is -0.396 e. The van der Waals surface area contributed by atoms with E-state index in [1.165, 1.54) is 63.4 Å². The average Bonchev–Trinajstić information content (AvgIpc) is 2.83. The molecule has 0 aliphatic heterocycles. The van der Waals surface area contributed by atoms with Crippen LogP contribution in [-0.2, 0) is 0 Å². The van der Waals surface area contributed by atoms with Crippen molar-refractivity contribution < 1.29 is 15.3 Å². The van der Waals surface area contributed by atoms with Gasteiger partial charge in [0.15, 0.2) is 0 Å². The van der Waals surface area contributed by atoms with Crippen LogP contribution in [0.5, 0.6) is 0 Å². The van der Waals surface area contributed by atoms with Crippen LogP contribution in [0.4, 0.5) is 0 Å². The summed E-state index contributed by atoms with van der Waals surface area (Å²) in [6.45, 7) is 7.96. The molecule has 3 nitrogen and oxygen atoms in total. The van der Waals surface area contributed by atoms with Crippen LogP contribution in [0.1, 0.15) is 97.8 Å². The maximum Gasteiger partial charge on any atom is 0.0574 e. The van der Waals surface area contributed by atoms with Crippen molar-refractivity contribution in [3.63, 3.8) is 0 Å². The smallest absolute Gasteiger partial charge is 0.0574 e. The lowest BCUT2D eigenvalue weighted by Crippen LogP contribution is -2.60. The van der Waals surface area contributed by atoms with Crippen LogP contribution in [0.2, 0.25) is 0 Å². The van der Waals surface area contributed by atoms with Crippen molar-refractivity contribution >= 4 is 0 Å². The van der Waals surface area contributed by atoms with Crippen molar-refractivity contribution in [2.75, 3.05) is 13.2 Å². The lowest BCUT2D eigenvalue weighted by Gasteiger charge is -2.65. The topological polar surface area (TPSA) is 60.7 Å². The number of aliphatic hydroxyl groups excluding tert-OH is 3. The van der Waals surface area contributed by atoms with Crippen LogP contribution in [-0.4, -0.2) is 34.6 Å². The van der Waals surface area contributed by atoms with Gasteiger partial charge in [-0.15, -0.1) is 0 Å². The number of hydrogen-bond acceptors (Lipinski definition) is 3. The maximum atomic E-state index is 11.1. The van der Waals surface area contributed by atoms with Crippen molar-refractivity contribution in [3.8, 4) is 0 Å². The van der Waals surface area contributed by atoms with Gasteiger partial charge in [-0.2, -0.15) is 0 Å². The monoisotopic (exact) mass is 458 g/mol. The Hall–Kier alpha value is -0.380. The molecule has 0 radical (unpaired) electrons. The van der Waals surface area contributed by atoms with Crippen LogP contribution >= 0.6 is 0 Å². The first-order chi connectivity index (χ1) is 15.8. The summed E-state index contributed by atoms with van der Waals surface area (Å²) in [6.07, 6.45) is 16.8. The first-order valence-electron chi connectivity index (χ1n) is 14.4. The Morgan fingerprint density at radius 3 is 2.39 bits per heavy atom. The van der Waals surface area contributed by atoms with Gasteiger partial charge in [0.2, 0.25) is 0 Å². The molecule has 4 saturated carbocycles. The van der Waals surface area contributed by atoms with Crippen LogP contribution in [0.25, 0.3) is 0 Å². The molecule has 5 rings (SSSR count). The van der Waals surface area contributed by atoms with Gasteiger partial charge in [0.25, 0.3) is 0 Å². The fraction of sp³-hybridized carbons (Fsp3) is 0.933. The molecule has 0 saturated heterocycles. The fourth-order valence-electron chi connectivity index (χ4n) is 9.79. The van der Waals surface area contributed by atoms with Gasteiger partial charge in [-0.05, 0) is 142 Å². The molecule has 5 aliphatic carbocycles. The summed E-state index contributed by atoms with van der Waals surface area (Å²) >= 11 is 0. The van der Waals surface area contributed by atoms with Gasteiger partial charge < -0.3 is 15.3 Å². The highest BCUT2D eigenvalue weighted by Gasteiger charge is 2.61. The van der Waals surface area contributed by atoms with E-state index in [0.717, 1.165) is 25.2 Å². The van der Waals surface area contributed by atoms with E-state index in [1.54, 1.807) is 0 Å². The van der Waals surface area contributed by atoms with Gasteiger partial charge in [-0.3, -0.25) is 0 Å². The Bertz CT molecular complexity index is 730. The molecule has 188 valence electrons. The van der Waals surface area contributed by atoms with Crippen molar-refractivity contribution in [1.82, 2.24) is 0 Å². The normalized spacial score (nSPS) is 49.6. The number of hydrogen-bond donors (Lipinski definition) is 3. The lowest BCUT2D eigenvalue weighted by atomic mass is 9.40. The standard InChI is InChI=1S/C30H50O3/c1-19-4-6-20(7-5-19)21(17-31)10-12-30(3)24-15-27(30)25(28(33)16-24)11-13-29(2)23-9-8-22(18-32)26(29)14-23/h4,20-28,31-33H,5-18H2,1-3H3. The van der Waals surface area contributed by atoms with Gasteiger partial charge in [0.1, 0.15) is 0 Å². The second-order valence-electron chi connectivity index (χ2n) is 13.7. The third kappa shape index (κ3) is 4.06. The lowest BCUT2D eigenvalue weighted by molar-refractivity contribution is -0.188. The highest BCUT2D eigenvalue weighted by molar-refractivity contribution is 5.11. The molecule has 3 heteroatoms. The number of allylic oxidation sites excluding steroid dienone is 2. The van der Waals surface area contributed by atoms with Gasteiger partial charge >= 0.3 is 0 Å². The third-order valence-corrected chi connectivity index (χ3v) is 12.5. The van der Waals surface area contributed by atoms with Gasteiger partial charge in [0, 0.05) is 13.2 Å². The first kappa shape index (κ1) is 24.3. The van der Waals surface area contributed by atoms with Crippen LogP contribution in [0, 0.1) is 58.2 Å². The van der Waals surface area contributed by atoms with E-state index < -0.39 is 0 Å². The molecule has 0 aromatic heterocycles. The third-order valence-electron chi connectivity index (χ3n) is 12.5. The Morgan fingerprint density at radius 2 is 1.73 bits per heavy atom. The van der Waals surface area contributed by atoms with Gasteiger partial charge in [0.05, 0.1) is 6.10 Å². The highest BCUT2D eigenvalue weighted by Crippen LogP contribution is 2.67. The minimum atomic E-state index is -0.112. The molecule has 0 spiro atoms. The Labute approximate surface area is 202 Å². The minimum absolute atomic E-state index is 0.112. The predicted molar refractivity (Wildman–Crippen MR) is 133 cm³/mol. The molecule has 0 aromatic rings. The average molecular weight is 459 g/mol. The van der Waals surface area contributed by atoms with E-state index in [-0.39, 0.29) is 6.10 Å². The molecule has 0 heterocycles.